The highest BCUT2D eigenvalue weighted by molar-refractivity contribution is 5.81. The molecule has 0 bridgehead atoms. The lowest BCUT2D eigenvalue weighted by atomic mass is 10.3. The molecule has 2 heterocycles. The maximum Gasteiger partial charge on any atom is 0.326 e. The van der Waals surface area contributed by atoms with Gasteiger partial charge < -0.3 is 19.0 Å². The molecule has 3 rings (SSSR count). The number of rotatable bonds is 6. The van der Waals surface area contributed by atoms with E-state index < -0.39 is 5.97 Å². The number of hydrogen-bond acceptors (Lipinski definition) is 5. The molecule has 7 heteroatoms. The first-order valence-corrected chi connectivity index (χ1v) is 7.07. The Morgan fingerprint density at radius 1 is 1.22 bits per heavy atom. The van der Waals surface area contributed by atoms with Crippen LogP contribution >= 0.6 is 0 Å². The highest BCUT2D eigenvalue weighted by Gasteiger charge is 2.10. The Labute approximate surface area is 131 Å². The number of ether oxygens (including phenoxy) is 1. The van der Waals surface area contributed by atoms with E-state index in [0.29, 0.717) is 5.76 Å². The van der Waals surface area contributed by atoms with Crippen LogP contribution in [0.25, 0.3) is 11.0 Å². The zero-order chi connectivity index (χ0) is 16.1. The van der Waals surface area contributed by atoms with Gasteiger partial charge in [-0.3, -0.25) is 9.59 Å². The number of esters is 1. The molecular formula is C16H15N3O4. The smallest absolute Gasteiger partial charge is 0.326 e. The summed E-state index contributed by atoms with van der Waals surface area (Å²) in [5, 5.41) is 2.60. The summed E-state index contributed by atoms with van der Waals surface area (Å²) in [5.74, 6) is -0.249. The molecule has 0 saturated heterocycles. The summed E-state index contributed by atoms with van der Waals surface area (Å²) in [6, 6.07) is 11.0. The van der Waals surface area contributed by atoms with Crippen LogP contribution < -0.4 is 5.32 Å². The minimum Gasteiger partial charge on any atom is -0.467 e. The van der Waals surface area contributed by atoms with E-state index in [2.05, 4.69) is 10.3 Å². The monoisotopic (exact) mass is 313 g/mol. The number of benzene rings is 1. The van der Waals surface area contributed by atoms with Gasteiger partial charge in [-0.25, -0.2) is 4.98 Å². The summed E-state index contributed by atoms with van der Waals surface area (Å²) < 4.78 is 11.7. The van der Waals surface area contributed by atoms with E-state index in [1.54, 1.807) is 23.0 Å². The Bertz CT molecular complexity index is 808. The normalized spacial score (nSPS) is 10.6. The van der Waals surface area contributed by atoms with Gasteiger partial charge >= 0.3 is 5.97 Å². The van der Waals surface area contributed by atoms with Crippen molar-refractivity contribution >= 4 is 22.9 Å². The SMILES string of the molecule is O=C(COC(=O)Cn1cnc2ccccc21)NCc1ccco1. The third-order valence-corrected chi connectivity index (χ3v) is 3.23. The van der Waals surface area contributed by atoms with Gasteiger partial charge in [-0.05, 0) is 24.3 Å². The van der Waals surface area contributed by atoms with Crippen molar-refractivity contribution in [2.75, 3.05) is 6.61 Å². The highest BCUT2D eigenvalue weighted by Crippen LogP contribution is 2.11. The first kappa shape index (κ1) is 14.8. The molecule has 0 atom stereocenters. The van der Waals surface area contributed by atoms with Gasteiger partial charge in [0.25, 0.3) is 5.91 Å². The molecule has 2 aromatic heterocycles. The van der Waals surface area contributed by atoms with Crippen LogP contribution in [-0.4, -0.2) is 28.0 Å². The van der Waals surface area contributed by atoms with Crippen LogP contribution in [0.3, 0.4) is 0 Å². The summed E-state index contributed by atoms with van der Waals surface area (Å²) in [4.78, 5) is 27.6. The van der Waals surface area contributed by atoms with Crippen LogP contribution in [0.2, 0.25) is 0 Å². The summed E-state index contributed by atoms with van der Waals surface area (Å²) in [5.41, 5.74) is 1.64. The summed E-state index contributed by atoms with van der Waals surface area (Å²) in [6.45, 7) is -0.0618. The van der Waals surface area contributed by atoms with Crippen LogP contribution in [0.5, 0.6) is 0 Å². The van der Waals surface area contributed by atoms with Crippen molar-refractivity contribution in [2.45, 2.75) is 13.1 Å². The lowest BCUT2D eigenvalue weighted by molar-refractivity contribution is -0.149. The Balaban J connectivity index is 1.47. The number of hydrogen-bond donors (Lipinski definition) is 1. The van der Waals surface area contributed by atoms with Crippen molar-refractivity contribution in [2.24, 2.45) is 0 Å². The van der Waals surface area contributed by atoms with Gasteiger partial charge in [0, 0.05) is 0 Å². The first-order valence-electron chi connectivity index (χ1n) is 7.07. The Kier molecular flexibility index (Phi) is 4.37. The van der Waals surface area contributed by atoms with Gasteiger partial charge in [0.2, 0.25) is 0 Å². The Morgan fingerprint density at radius 2 is 2.09 bits per heavy atom. The Morgan fingerprint density at radius 3 is 2.91 bits per heavy atom. The highest BCUT2D eigenvalue weighted by atomic mass is 16.5. The Hall–Kier alpha value is -3.09. The van der Waals surface area contributed by atoms with Gasteiger partial charge in [0.1, 0.15) is 12.3 Å². The molecule has 118 valence electrons. The lowest BCUT2D eigenvalue weighted by Crippen LogP contribution is -2.29. The quantitative estimate of drug-likeness (QED) is 0.697. The van der Waals surface area contributed by atoms with E-state index in [1.807, 2.05) is 24.3 Å². The van der Waals surface area contributed by atoms with Crippen molar-refractivity contribution in [1.29, 1.82) is 0 Å². The van der Waals surface area contributed by atoms with Gasteiger partial charge in [0.05, 0.1) is 30.2 Å². The average Bonchev–Trinajstić information content (AvgIpc) is 3.21. The van der Waals surface area contributed by atoms with Gasteiger partial charge in [-0.15, -0.1) is 0 Å². The van der Waals surface area contributed by atoms with E-state index in [-0.39, 0.29) is 25.6 Å². The second-order valence-corrected chi connectivity index (χ2v) is 4.88. The molecule has 0 spiro atoms. The second kappa shape index (κ2) is 6.78. The summed E-state index contributed by atoms with van der Waals surface area (Å²) in [6.07, 6.45) is 3.10. The van der Waals surface area contributed by atoms with Crippen molar-refractivity contribution in [3.8, 4) is 0 Å². The predicted octanol–water partition coefficient (Wildman–Crippen LogP) is 1.49. The molecule has 0 unspecified atom stereocenters. The number of aromatic nitrogens is 2. The fourth-order valence-electron chi connectivity index (χ4n) is 2.12. The topological polar surface area (TPSA) is 86.4 Å². The van der Waals surface area contributed by atoms with Crippen LogP contribution in [0.15, 0.2) is 53.4 Å². The molecule has 0 fully saturated rings. The number of fused-ring (bicyclic) bond motifs is 1. The zero-order valence-electron chi connectivity index (χ0n) is 12.3. The van der Waals surface area contributed by atoms with E-state index in [4.69, 9.17) is 9.15 Å². The largest absolute Gasteiger partial charge is 0.467 e. The third-order valence-electron chi connectivity index (χ3n) is 3.23. The number of furan rings is 1. The number of para-hydroxylation sites is 2. The van der Waals surface area contributed by atoms with Crippen LogP contribution in [0.1, 0.15) is 5.76 Å². The van der Waals surface area contributed by atoms with E-state index >= 15 is 0 Å². The number of carbonyl (C=O) groups is 2. The maximum atomic E-state index is 11.8. The molecule has 0 radical (unpaired) electrons. The minimum absolute atomic E-state index is 0.00593. The van der Waals surface area contributed by atoms with Crippen LogP contribution in [-0.2, 0) is 27.4 Å². The van der Waals surface area contributed by atoms with Crippen molar-refractivity contribution in [3.05, 3.63) is 54.7 Å². The van der Waals surface area contributed by atoms with E-state index in [1.165, 1.54) is 6.26 Å². The van der Waals surface area contributed by atoms with Gasteiger partial charge in [0.15, 0.2) is 6.61 Å². The molecule has 3 aromatic rings. The minimum atomic E-state index is -0.499. The number of nitrogens with zero attached hydrogens (tertiary/aromatic N) is 2. The molecule has 0 aliphatic carbocycles. The van der Waals surface area contributed by atoms with Crippen molar-refractivity contribution in [1.82, 2.24) is 14.9 Å². The van der Waals surface area contributed by atoms with Crippen LogP contribution in [0, 0.1) is 0 Å². The number of imidazole rings is 1. The molecule has 1 aromatic carbocycles. The van der Waals surface area contributed by atoms with E-state index in [0.717, 1.165) is 11.0 Å². The third kappa shape index (κ3) is 3.76. The average molecular weight is 313 g/mol. The molecular weight excluding hydrogens is 298 g/mol. The van der Waals surface area contributed by atoms with Crippen molar-refractivity contribution < 1.29 is 18.7 Å². The fourth-order valence-corrected chi connectivity index (χ4v) is 2.12. The van der Waals surface area contributed by atoms with Gasteiger partial charge in [-0.2, -0.15) is 0 Å². The predicted molar refractivity (Wildman–Crippen MR) is 81.2 cm³/mol. The molecule has 1 amide bonds. The number of nitrogens with one attached hydrogen (secondary N) is 1. The number of amides is 1. The lowest BCUT2D eigenvalue weighted by Gasteiger charge is -2.06. The molecule has 7 nitrogen and oxygen atoms in total. The van der Waals surface area contributed by atoms with Crippen LogP contribution in [0.4, 0.5) is 0 Å². The van der Waals surface area contributed by atoms with Crippen molar-refractivity contribution in [3.63, 3.8) is 0 Å². The molecule has 1 N–H and O–H groups in total. The van der Waals surface area contributed by atoms with Gasteiger partial charge in [-0.1, -0.05) is 12.1 Å². The second-order valence-electron chi connectivity index (χ2n) is 4.88. The first-order chi connectivity index (χ1) is 11.2. The molecule has 0 aliphatic rings. The fraction of sp³-hybridized carbons (Fsp3) is 0.188. The maximum absolute atomic E-state index is 11.8. The molecule has 0 aliphatic heterocycles. The number of carbonyl (C=O) groups excluding carboxylic acids is 2. The van der Waals surface area contributed by atoms with E-state index in [9.17, 15) is 9.59 Å². The standard InChI is InChI=1S/C16H15N3O4/c20-15(17-8-12-4-3-7-22-12)10-23-16(21)9-19-11-18-13-5-1-2-6-14(13)19/h1-7,11H,8-10H2,(H,17,20). The summed E-state index contributed by atoms with van der Waals surface area (Å²) >= 11 is 0. The zero-order valence-corrected chi connectivity index (χ0v) is 12.3. The molecule has 23 heavy (non-hydrogen) atoms. The molecule has 0 saturated carbocycles. The summed E-state index contributed by atoms with van der Waals surface area (Å²) in [7, 11) is 0.